The summed E-state index contributed by atoms with van der Waals surface area (Å²) >= 11 is 1.64. The van der Waals surface area contributed by atoms with Crippen molar-refractivity contribution in [3.63, 3.8) is 0 Å². The summed E-state index contributed by atoms with van der Waals surface area (Å²) in [7, 11) is 0. The van der Waals surface area contributed by atoms with E-state index in [0.717, 1.165) is 35.1 Å². The van der Waals surface area contributed by atoms with Crippen LogP contribution in [0.25, 0.3) is 11.1 Å². The average molecular weight is 301 g/mol. The first-order valence-electron chi connectivity index (χ1n) is 6.96. The first-order valence-corrected chi connectivity index (χ1v) is 7.84. The van der Waals surface area contributed by atoms with Crippen molar-refractivity contribution in [2.24, 2.45) is 0 Å². The van der Waals surface area contributed by atoms with E-state index in [1.54, 1.807) is 11.3 Å². The number of nitrogens with zero attached hydrogens (tertiary/aromatic N) is 3. The number of rotatable bonds is 3. The molecule has 0 amide bonds. The second kappa shape index (κ2) is 5.55. The van der Waals surface area contributed by atoms with Crippen LogP contribution in [0.4, 0.5) is 0 Å². The number of thiazole rings is 1. The Labute approximate surface area is 126 Å². The zero-order valence-electron chi connectivity index (χ0n) is 11.4. The van der Waals surface area contributed by atoms with Gasteiger partial charge in [0.15, 0.2) is 5.58 Å². The van der Waals surface area contributed by atoms with Crippen molar-refractivity contribution in [3.05, 3.63) is 46.7 Å². The van der Waals surface area contributed by atoms with Gasteiger partial charge in [0.25, 0.3) is 0 Å². The maximum Gasteiger partial charge on any atom is 0.209 e. The topological polar surface area (TPSA) is 51.4 Å². The Morgan fingerprint density at radius 3 is 3.14 bits per heavy atom. The summed E-state index contributed by atoms with van der Waals surface area (Å²) < 4.78 is 11.6. The molecule has 0 aliphatic carbocycles. The molecule has 108 valence electrons. The van der Waals surface area contributed by atoms with Crippen LogP contribution in [-0.4, -0.2) is 34.6 Å². The molecule has 5 nitrogen and oxygen atoms in total. The van der Waals surface area contributed by atoms with Crippen LogP contribution in [0.5, 0.6) is 0 Å². The smallest absolute Gasteiger partial charge is 0.209 e. The molecule has 0 saturated carbocycles. The van der Waals surface area contributed by atoms with Gasteiger partial charge >= 0.3 is 0 Å². The predicted molar refractivity (Wildman–Crippen MR) is 80.1 cm³/mol. The molecule has 0 radical (unpaired) electrons. The first-order chi connectivity index (χ1) is 10.4. The van der Waals surface area contributed by atoms with Crippen LogP contribution in [0.15, 0.2) is 40.3 Å². The summed E-state index contributed by atoms with van der Waals surface area (Å²) in [6, 6.07) is 7.86. The molecule has 0 spiro atoms. The molecule has 3 heterocycles. The quantitative estimate of drug-likeness (QED) is 0.744. The third-order valence-electron chi connectivity index (χ3n) is 3.57. The van der Waals surface area contributed by atoms with Gasteiger partial charge in [-0.2, -0.15) is 0 Å². The van der Waals surface area contributed by atoms with Crippen LogP contribution in [0, 0.1) is 0 Å². The summed E-state index contributed by atoms with van der Waals surface area (Å²) in [4.78, 5) is 11.2. The van der Waals surface area contributed by atoms with Gasteiger partial charge < -0.3 is 9.15 Å². The van der Waals surface area contributed by atoms with Crippen LogP contribution >= 0.6 is 11.3 Å². The van der Waals surface area contributed by atoms with Gasteiger partial charge in [-0.25, -0.2) is 9.97 Å². The van der Waals surface area contributed by atoms with E-state index < -0.39 is 0 Å². The van der Waals surface area contributed by atoms with E-state index in [1.165, 1.54) is 0 Å². The molecule has 1 saturated heterocycles. The molecule has 1 aromatic carbocycles. The van der Waals surface area contributed by atoms with Crippen molar-refractivity contribution < 1.29 is 9.15 Å². The van der Waals surface area contributed by atoms with Crippen LogP contribution in [0.1, 0.15) is 17.0 Å². The number of ether oxygens (including phenoxy) is 1. The fraction of sp³-hybridized carbons (Fsp3) is 0.333. The number of oxazole rings is 1. The van der Waals surface area contributed by atoms with Gasteiger partial charge in [0.05, 0.1) is 13.2 Å². The Morgan fingerprint density at radius 1 is 1.33 bits per heavy atom. The highest BCUT2D eigenvalue weighted by Crippen LogP contribution is 2.25. The van der Waals surface area contributed by atoms with Crippen LogP contribution in [-0.2, 0) is 11.3 Å². The summed E-state index contributed by atoms with van der Waals surface area (Å²) in [6.45, 7) is 3.14. The fourth-order valence-electron chi connectivity index (χ4n) is 2.57. The predicted octanol–water partition coefficient (Wildman–Crippen LogP) is 2.86. The van der Waals surface area contributed by atoms with Gasteiger partial charge in [-0.05, 0) is 12.1 Å². The second-order valence-corrected chi connectivity index (χ2v) is 5.97. The Bertz CT molecular complexity index is 692. The van der Waals surface area contributed by atoms with Crippen LogP contribution in [0.3, 0.4) is 0 Å². The monoisotopic (exact) mass is 301 g/mol. The van der Waals surface area contributed by atoms with Gasteiger partial charge in [0, 0.05) is 24.7 Å². The number of fused-ring (bicyclic) bond motifs is 1. The maximum atomic E-state index is 5.80. The number of para-hydroxylation sites is 2. The highest BCUT2D eigenvalue weighted by Gasteiger charge is 2.24. The van der Waals surface area contributed by atoms with E-state index in [0.29, 0.717) is 13.2 Å². The lowest BCUT2D eigenvalue weighted by Crippen LogP contribution is -2.37. The second-order valence-electron chi connectivity index (χ2n) is 5.04. The molecule has 1 atom stereocenters. The SMILES string of the molecule is c1ccc2oc(CN3CCO[C@H](c4nccs4)C3)nc2c1. The van der Waals surface area contributed by atoms with E-state index in [4.69, 9.17) is 9.15 Å². The summed E-state index contributed by atoms with van der Waals surface area (Å²) in [5.41, 5.74) is 1.76. The minimum absolute atomic E-state index is 0.0585. The van der Waals surface area contributed by atoms with Gasteiger partial charge in [-0.3, -0.25) is 4.90 Å². The first kappa shape index (κ1) is 12.9. The van der Waals surface area contributed by atoms with Crippen molar-refractivity contribution in [2.75, 3.05) is 19.7 Å². The van der Waals surface area contributed by atoms with E-state index in [1.807, 2.05) is 35.8 Å². The third-order valence-corrected chi connectivity index (χ3v) is 4.44. The largest absolute Gasteiger partial charge is 0.439 e. The summed E-state index contributed by atoms with van der Waals surface area (Å²) in [5.74, 6) is 0.760. The highest BCUT2D eigenvalue weighted by molar-refractivity contribution is 7.09. The van der Waals surface area contributed by atoms with Gasteiger partial charge in [0.1, 0.15) is 16.6 Å². The molecule has 4 rings (SSSR count). The molecule has 0 N–H and O–H groups in total. The Balaban J connectivity index is 1.48. The van der Waals surface area contributed by atoms with Crippen molar-refractivity contribution >= 4 is 22.4 Å². The fourth-order valence-corrected chi connectivity index (χ4v) is 3.25. The molecule has 1 fully saturated rings. The summed E-state index contributed by atoms with van der Waals surface area (Å²) in [6.07, 6.45) is 1.88. The molecule has 3 aromatic rings. The molecule has 0 unspecified atom stereocenters. The molecule has 2 aromatic heterocycles. The number of hydrogen-bond acceptors (Lipinski definition) is 6. The normalized spacial score (nSPS) is 20.1. The Morgan fingerprint density at radius 2 is 2.29 bits per heavy atom. The standard InChI is InChI=1S/C15H15N3O2S/c1-2-4-12-11(3-1)17-14(20-12)10-18-6-7-19-13(9-18)15-16-5-8-21-15/h1-5,8,13H,6-7,9-10H2/t13-/m0/s1. The van der Waals surface area contributed by atoms with E-state index in [9.17, 15) is 0 Å². The molecule has 6 heteroatoms. The Hall–Kier alpha value is -1.76. The zero-order valence-corrected chi connectivity index (χ0v) is 12.3. The van der Waals surface area contributed by atoms with Crippen molar-refractivity contribution in [3.8, 4) is 0 Å². The van der Waals surface area contributed by atoms with Crippen molar-refractivity contribution in [1.82, 2.24) is 14.9 Å². The zero-order chi connectivity index (χ0) is 14.1. The van der Waals surface area contributed by atoms with Gasteiger partial charge in [-0.1, -0.05) is 12.1 Å². The highest BCUT2D eigenvalue weighted by atomic mass is 32.1. The van der Waals surface area contributed by atoms with Gasteiger partial charge in [-0.15, -0.1) is 11.3 Å². The minimum Gasteiger partial charge on any atom is -0.439 e. The van der Waals surface area contributed by atoms with E-state index >= 15 is 0 Å². The van der Waals surface area contributed by atoms with E-state index in [2.05, 4.69) is 14.9 Å². The third kappa shape index (κ3) is 2.70. The maximum absolute atomic E-state index is 5.80. The summed E-state index contributed by atoms with van der Waals surface area (Å²) in [5, 5.41) is 3.02. The Kier molecular flexibility index (Phi) is 3.42. The number of morpholine rings is 1. The lowest BCUT2D eigenvalue weighted by Gasteiger charge is -2.30. The number of benzene rings is 1. The molecular weight excluding hydrogens is 286 g/mol. The molecule has 1 aliphatic heterocycles. The number of hydrogen-bond donors (Lipinski definition) is 0. The van der Waals surface area contributed by atoms with E-state index in [-0.39, 0.29) is 6.10 Å². The van der Waals surface area contributed by atoms with Gasteiger partial charge in [0.2, 0.25) is 5.89 Å². The lowest BCUT2D eigenvalue weighted by atomic mass is 10.3. The van der Waals surface area contributed by atoms with Crippen LogP contribution < -0.4 is 0 Å². The van der Waals surface area contributed by atoms with Crippen molar-refractivity contribution in [1.29, 1.82) is 0 Å². The molecule has 21 heavy (non-hydrogen) atoms. The molecule has 0 bridgehead atoms. The minimum atomic E-state index is 0.0585. The average Bonchev–Trinajstić information content (AvgIpc) is 3.16. The number of aromatic nitrogens is 2. The van der Waals surface area contributed by atoms with Crippen molar-refractivity contribution in [2.45, 2.75) is 12.6 Å². The molecular formula is C15H15N3O2S. The van der Waals surface area contributed by atoms with Crippen LogP contribution in [0.2, 0.25) is 0 Å². The lowest BCUT2D eigenvalue weighted by molar-refractivity contribution is -0.0351. The molecule has 1 aliphatic rings.